The number of thiophene rings is 1. The molecule has 1 atom stereocenters. The summed E-state index contributed by atoms with van der Waals surface area (Å²) in [6.45, 7) is 4.75. The summed E-state index contributed by atoms with van der Waals surface area (Å²) in [7, 11) is 1.77. The Morgan fingerprint density at radius 3 is 2.41 bits per heavy atom. The lowest BCUT2D eigenvalue weighted by molar-refractivity contribution is 0.0794. The van der Waals surface area contributed by atoms with E-state index in [0.29, 0.717) is 28.0 Å². The van der Waals surface area contributed by atoms with Gasteiger partial charge in [0.05, 0.1) is 9.88 Å². The van der Waals surface area contributed by atoms with Crippen LogP contribution in [0.4, 0.5) is 15.5 Å². The Balaban J connectivity index is 0.00000364. The van der Waals surface area contributed by atoms with Gasteiger partial charge in [-0.05, 0) is 36.6 Å². The maximum Gasteiger partial charge on any atom is 0.324 e. The van der Waals surface area contributed by atoms with Crippen LogP contribution < -0.4 is 16.4 Å². The fourth-order valence-corrected chi connectivity index (χ4v) is 3.18. The molecular formula is C19H27ClN4O2S. The molecule has 0 spiro atoms. The normalized spacial score (nSPS) is 11.4. The van der Waals surface area contributed by atoms with Crippen LogP contribution in [0.1, 0.15) is 29.9 Å². The Bertz CT molecular complexity index is 736. The van der Waals surface area contributed by atoms with Gasteiger partial charge in [0.2, 0.25) is 0 Å². The highest BCUT2D eigenvalue weighted by atomic mass is 35.5. The third-order valence-electron chi connectivity index (χ3n) is 4.09. The SMILES string of the molecule is CC(C)C(N)CCN(C)C(=O)c1ccc(NC(=O)Nc2ccccc2)s1.Cl. The van der Waals surface area contributed by atoms with Crippen LogP contribution in [0.15, 0.2) is 42.5 Å². The molecule has 148 valence electrons. The van der Waals surface area contributed by atoms with E-state index in [2.05, 4.69) is 24.5 Å². The van der Waals surface area contributed by atoms with Crippen molar-refractivity contribution < 1.29 is 9.59 Å². The zero-order valence-corrected chi connectivity index (χ0v) is 17.4. The zero-order chi connectivity index (χ0) is 19.1. The van der Waals surface area contributed by atoms with Crippen molar-refractivity contribution in [2.45, 2.75) is 26.3 Å². The van der Waals surface area contributed by atoms with Gasteiger partial charge >= 0.3 is 6.03 Å². The van der Waals surface area contributed by atoms with E-state index >= 15 is 0 Å². The van der Waals surface area contributed by atoms with Gasteiger partial charge in [0, 0.05) is 25.3 Å². The topological polar surface area (TPSA) is 87.5 Å². The summed E-state index contributed by atoms with van der Waals surface area (Å²) in [4.78, 5) is 26.7. The molecule has 0 fully saturated rings. The molecule has 6 nitrogen and oxygen atoms in total. The molecule has 0 aliphatic heterocycles. The average molecular weight is 411 g/mol. The molecule has 3 amide bonds. The van der Waals surface area contributed by atoms with Crippen molar-refractivity contribution in [3.05, 3.63) is 47.3 Å². The van der Waals surface area contributed by atoms with Gasteiger partial charge in [-0.2, -0.15) is 0 Å². The number of hydrogen-bond acceptors (Lipinski definition) is 4. The first-order valence-corrected chi connectivity index (χ1v) is 9.42. The lowest BCUT2D eigenvalue weighted by atomic mass is 10.0. The van der Waals surface area contributed by atoms with Crippen LogP contribution in [-0.2, 0) is 0 Å². The second-order valence-corrected chi connectivity index (χ2v) is 7.62. The molecule has 0 saturated carbocycles. The first-order chi connectivity index (χ1) is 12.4. The summed E-state index contributed by atoms with van der Waals surface area (Å²) in [5.41, 5.74) is 6.74. The first kappa shape index (κ1) is 23.0. The summed E-state index contributed by atoms with van der Waals surface area (Å²) >= 11 is 1.25. The molecular weight excluding hydrogens is 384 g/mol. The molecule has 4 N–H and O–H groups in total. The van der Waals surface area contributed by atoms with Crippen molar-refractivity contribution >= 4 is 46.4 Å². The highest BCUT2D eigenvalue weighted by Crippen LogP contribution is 2.23. The lowest BCUT2D eigenvalue weighted by Crippen LogP contribution is -2.34. The smallest absolute Gasteiger partial charge is 0.324 e. The Hall–Kier alpha value is -2.09. The van der Waals surface area contributed by atoms with E-state index in [-0.39, 0.29) is 30.4 Å². The van der Waals surface area contributed by atoms with Crippen LogP contribution >= 0.6 is 23.7 Å². The van der Waals surface area contributed by atoms with E-state index in [1.54, 1.807) is 36.2 Å². The number of anilines is 2. The van der Waals surface area contributed by atoms with E-state index in [1.165, 1.54) is 11.3 Å². The van der Waals surface area contributed by atoms with E-state index < -0.39 is 0 Å². The van der Waals surface area contributed by atoms with Gasteiger partial charge in [0.25, 0.3) is 5.91 Å². The predicted octanol–water partition coefficient (Wildman–Crippen LogP) is 4.26. The van der Waals surface area contributed by atoms with Gasteiger partial charge in [-0.1, -0.05) is 32.0 Å². The van der Waals surface area contributed by atoms with Crippen molar-refractivity contribution in [3.8, 4) is 0 Å². The number of halogens is 1. The number of nitrogens with one attached hydrogen (secondary N) is 2. The standard InChI is InChI=1S/C19H26N4O2S.ClH/c1-13(2)15(20)11-12-23(3)18(24)16-9-10-17(26-16)22-19(25)21-14-7-5-4-6-8-14;/h4-10,13,15H,11-12,20H2,1-3H3,(H2,21,22,25);1H. The number of nitrogens with two attached hydrogens (primary N) is 1. The van der Waals surface area contributed by atoms with Gasteiger partial charge in [-0.3, -0.25) is 10.1 Å². The minimum absolute atomic E-state index is 0. The van der Waals surface area contributed by atoms with Gasteiger partial charge in [-0.25, -0.2) is 4.79 Å². The molecule has 1 aromatic heterocycles. The van der Waals surface area contributed by atoms with Crippen LogP contribution in [-0.4, -0.2) is 36.5 Å². The van der Waals surface area contributed by atoms with Crippen molar-refractivity contribution in [1.29, 1.82) is 0 Å². The highest BCUT2D eigenvalue weighted by molar-refractivity contribution is 7.18. The van der Waals surface area contributed by atoms with E-state index in [1.807, 2.05) is 18.2 Å². The van der Waals surface area contributed by atoms with Crippen molar-refractivity contribution in [1.82, 2.24) is 4.90 Å². The van der Waals surface area contributed by atoms with E-state index in [4.69, 9.17) is 5.73 Å². The van der Waals surface area contributed by atoms with Crippen LogP contribution in [0.2, 0.25) is 0 Å². The van der Waals surface area contributed by atoms with Crippen molar-refractivity contribution in [2.75, 3.05) is 24.2 Å². The number of rotatable bonds is 7. The van der Waals surface area contributed by atoms with E-state index in [9.17, 15) is 9.59 Å². The van der Waals surface area contributed by atoms with Gasteiger partial charge < -0.3 is 16.0 Å². The monoisotopic (exact) mass is 410 g/mol. The summed E-state index contributed by atoms with van der Waals surface area (Å²) < 4.78 is 0. The van der Waals surface area contributed by atoms with Gasteiger partial charge in [-0.15, -0.1) is 23.7 Å². The van der Waals surface area contributed by atoms with Crippen LogP contribution in [0, 0.1) is 5.92 Å². The maximum atomic E-state index is 12.5. The fraction of sp³-hybridized carbons (Fsp3) is 0.368. The molecule has 1 unspecified atom stereocenters. The molecule has 0 radical (unpaired) electrons. The van der Waals surface area contributed by atoms with Crippen LogP contribution in [0.3, 0.4) is 0 Å². The minimum Gasteiger partial charge on any atom is -0.341 e. The lowest BCUT2D eigenvalue weighted by Gasteiger charge is -2.21. The predicted molar refractivity (Wildman–Crippen MR) is 115 cm³/mol. The summed E-state index contributed by atoms with van der Waals surface area (Å²) in [5, 5.41) is 6.11. The Kier molecular flexibility index (Phi) is 9.28. The van der Waals surface area contributed by atoms with Crippen molar-refractivity contribution in [3.63, 3.8) is 0 Å². The fourth-order valence-electron chi connectivity index (χ4n) is 2.28. The summed E-state index contributed by atoms with van der Waals surface area (Å²) in [6, 6.07) is 12.4. The number of urea groups is 1. The molecule has 27 heavy (non-hydrogen) atoms. The Labute approximate surface area is 170 Å². The zero-order valence-electron chi connectivity index (χ0n) is 15.8. The number of para-hydroxylation sites is 1. The van der Waals surface area contributed by atoms with E-state index in [0.717, 1.165) is 6.42 Å². The Morgan fingerprint density at radius 2 is 1.78 bits per heavy atom. The molecule has 0 saturated heterocycles. The Morgan fingerprint density at radius 1 is 1.11 bits per heavy atom. The minimum atomic E-state index is -0.340. The maximum absolute atomic E-state index is 12.5. The number of carbonyl (C=O) groups is 2. The molecule has 2 rings (SSSR count). The largest absolute Gasteiger partial charge is 0.341 e. The highest BCUT2D eigenvalue weighted by Gasteiger charge is 2.17. The number of hydrogen-bond donors (Lipinski definition) is 3. The molecule has 1 heterocycles. The molecule has 2 aromatic rings. The van der Waals surface area contributed by atoms with Crippen LogP contribution in [0.25, 0.3) is 0 Å². The number of benzene rings is 1. The first-order valence-electron chi connectivity index (χ1n) is 8.60. The number of carbonyl (C=O) groups excluding carboxylic acids is 2. The second kappa shape index (κ2) is 10.9. The molecule has 1 aromatic carbocycles. The van der Waals surface area contributed by atoms with Crippen molar-refractivity contribution in [2.24, 2.45) is 11.7 Å². The number of nitrogens with zero attached hydrogens (tertiary/aromatic N) is 1. The molecule has 0 aliphatic rings. The molecule has 8 heteroatoms. The third kappa shape index (κ3) is 7.21. The molecule has 0 aliphatic carbocycles. The second-order valence-electron chi connectivity index (χ2n) is 6.53. The van der Waals surface area contributed by atoms with Gasteiger partial charge in [0.1, 0.15) is 0 Å². The third-order valence-corrected chi connectivity index (χ3v) is 5.07. The van der Waals surface area contributed by atoms with Gasteiger partial charge in [0.15, 0.2) is 0 Å². The average Bonchev–Trinajstić information content (AvgIpc) is 3.07. The summed E-state index contributed by atoms with van der Waals surface area (Å²) in [6.07, 6.45) is 0.760. The number of amides is 3. The summed E-state index contributed by atoms with van der Waals surface area (Å²) in [5.74, 6) is 0.321. The molecule has 0 bridgehead atoms. The van der Waals surface area contributed by atoms with Crippen LogP contribution in [0.5, 0.6) is 0 Å². The quantitative estimate of drug-likeness (QED) is 0.637.